The molecule has 1 aliphatic rings. The zero-order chi connectivity index (χ0) is 12.4. The van der Waals surface area contributed by atoms with E-state index < -0.39 is 0 Å². The van der Waals surface area contributed by atoms with Gasteiger partial charge in [0.05, 0.1) is 12.7 Å². The van der Waals surface area contributed by atoms with Crippen LogP contribution < -0.4 is 5.32 Å². The Kier molecular flexibility index (Phi) is 3.48. The molecule has 2 aromatic rings. The van der Waals surface area contributed by atoms with Gasteiger partial charge in [-0.3, -0.25) is 4.68 Å². The second-order valence-corrected chi connectivity index (χ2v) is 5.67. The normalized spacial score (nSPS) is 19.3. The molecular weight excluding hydrogens is 290 g/mol. The zero-order valence-electron chi connectivity index (χ0n) is 10.1. The first-order chi connectivity index (χ1) is 8.81. The maximum absolute atomic E-state index is 4.44. The summed E-state index contributed by atoms with van der Waals surface area (Å²) in [6.07, 6.45) is 6.61. The molecule has 1 aromatic carbocycles. The summed E-state index contributed by atoms with van der Waals surface area (Å²) in [4.78, 5) is 0. The molecule has 1 N–H and O–H groups in total. The lowest BCUT2D eigenvalue weighted by molar-refractivity contribution is 0.476. The van der Waals surface area contributed by atoms with E-state index in [-0.39, 0.29) is 0 Å². The van der Waals surface area contributed by atoms with Gasteiger partial charge in [0, 0.05) is 22.3 Å². The number of aromatic nitrogens is 2. The van der Waals surface area contributed by atoms with Gasteiger partial charge in [-0.2, -0.15) is 5.10 Å². The highest BCUT2D eigenvalue weighted by molar-refractivity contribution is 9.10. The van der Waals surface area contributed by atoms with Crippen molar-refractivity contribution in [2.75, 3.05) is 6.54 Å². The van der Waals surface area contributed by atoms with Crippen LogP contribution in [-0.2, 0) is 6.54 Å². The Morgan fingerprint density at radius 2 is 2.11 bits per heavy atom. The predicted octanol–water partition coefficient (Wildman–Crippen LogP) is 3.06. The van der Waals surface area contributed by atoms with Gasteiger partial charge in [0.25, 0.3) is 0 Å². The SMILES string of the molecule is Brc1ccc(-c2cnn(CC3CCCN3)c2)cc1. The lowest BCUT2D eigenvalue weighted by Crippen LogP contribution is -2.26. The molecule has 3 nitrogen and oxygen atoms in total. The van der Waals surface area contributed by atoms with E-state index >= 15 is 0 Å². The highest BCUT2D eigenvalue weighted by atomic mass is 79.9. The number of halogens is 1. The monoisotopic (exact) mass is 305 g/mol. The predicted molar refractivity (Wildman–Crippen MR) is 76.4 cm³/mol. The lowest BCUT2D eigenvalue weighted by Gasteiger charge is -2.09. The first-order valence-corrected chi connectivity index (χ1v) is 7.12. The van der Waals surface area contributed by atoms with Crippen molar-refractivity contribution in [1.29, 1.82) is 0 Å². The highest BCUT2D eigenvalue weighted by Gasteiger charge is 2.14. The van der Waals surface area contributed by atoms with Crippen LogP contribution in [0.15, 0.2) is 41.1 Å². The van der Waals surface area contributed by atoms with E-state index in [9.17, 15) is 0 Å². The lowest BCUT2D eigenvalue weighted by atomic mass is 10.1. The Hall–Kier alpha value is -1.13. The first-order valence-electron chi connectivity index (χ1n) is 6.33. The molecule has 0 radical (unpaired) electrons. The van der Waals surface area contributed by atoms with Gasteiger partial charge in [0.2, 0.25) is 0 Å². The number of benzene rings is 1. The van der Waals surface area contributed by atoms with Gasteiger partial charge in [0.1, 0.15) is 0 Å². The van der Waals surface area contributed by atoms with Crippen molar-refractivity contribution in [3.8, 4) is 11.1 Å². The van der Waals surface area contributed by atoms with Crippen molar-refractivity contribution in [3.63, 3.8) is 0 Å². The Labute approximate surface area is 115 Å². The van der Waals surface area contributed by atoms with Crippen LogP contribution in [0.1, 0.15) is 12.8 Å². The largest absolute Gasteiger partial charge is 0.312 e. The molecule has 0 amide bonds. The summed E-state index contributed by atoms with van der Waals surface area (Å²) in [7, 11) is 0. The molecule has 3 rings (SSSR count). The second kappa shape index (κ2) is 5.24. The van der Waals surface area contributed by atoms with Crippen molar-refractivity contribution in [2.24, 2.45) is 0 Å². The van der Waals surface area contributed by atoms with E-state index in [1.165, 1.54) is 24.0 Å². The van der Waals surface area contributed by atoms with Gasteiger partial charge in [-0.1, -0.05) is 28.1 Å². The Morgan fingerprint density at radius 1 is 1.28 bits per heavy atom. The summed E-state index contributed by atoms with van der Waals surface area (Å²) >= 11 is 3.45. The molecule has 2 heterocycles. The van der Waals surface area contributed by atoms with Crippen LogP contribution in [0, 0.1) is 0 Å². The topological polar surface area (TPSA) is 29.9 Å². The fourth-order valence-electron chi connectivity index (χ4n) is 2.39. The average molecular weight is 306 g/mol. The highest BCUT2D eigenvalue weighted by Crippen LogP contribution is 2.21. The van der Waals surface area contributed by atoms with E-state index in [4.69, 9.17) is 0 Å². The van der Waals surface area contributed by atoms with Gasteiger partial charge in [-0.25, -0.2) is 0 Å². The summed E-state index contributed by atoms with van der Waals surface area (Å²) in [5, 5.41) is 7.94. The number of nitrogens with zero attached hydrogens (tertiary/aromatic N) is 2. The van der Waals surface area contributed by atoms with Crippen molar-refractivity contribution < 1.29 is 0 Å². The summed E-state index contributed by atoms with van der Waals surface area (Å²) in [6, 6.07) is 8.93. The van der Waals surface area contributed by atoms with Gasteiger partial charge in [0.15, 0.2) is 0 Å². The molecule has 18 heavy (non-hydrogen) atoms. The third kappa shape index (κ3) is 2.65. The molecule has 0 spiro atoms. The molecule has 0 bridgehead atoms. The molecule has 1 aliphatic heterocycles. The summed E-state index contributed by atoms with van der Waals surface area (Å²) in [6.45, 7) is 2.11. The molecule has 1 atom stereocenters. The number of rotatable bonds is 3. The Balaban J connectivity index is 1.74. The van der Waals surface area contributed by atoms with Crippen molar-refractivity contribution in [3.05, 3.63) is 41.1 Å². The summed E-state index contributed by atoms with van der Waals surface area (Å²) in [5.74, 6) is 0. The summed E-state index contributed by atoms with van der Waals surface area (Å²) in [5.41, 5.74) is 2.39. The van der Waals surface area contributed by atoms with E-state index in [1.54, 1.807) is 0 Å². The van der Waals surface area contributed by atoms with E-state index in [0.717, 1.165) is 17.6 Å². The Morgan fingerprint density at radius 3 is 2.83 bits per heavy atom. The van der Waals surface area contributed by atoms with Crippen LogP contribution >= 0.6 is 15.9 Å². The molecule has 1 fully saturated rings. The molecule has 4 heteroatoms. The Bertz CT molecular complexity index is 512. The minimum Gasteiger partial charge on any atom is -0.312 e. The number of hydrogen-bond donors (Lipinski definition) is 1. The zero-order valence-corrected chi connectivity index (χ0v) is 11.7. The van der Waals surface area contributed by atoms with Gasteiger partial charge >= 0.3 is 0 Å². The minimum atomic E-state index is 0.586. The third-order valence-electron chi connectivity index (χ3n) is 3.38. The van der Waals surface area contributed by atoms with Gasteiger partial charge < -0.3 is 5.32 Å². The van der Waals surface area contributed by atoms with Gasteiger partial charge in [-0.05, 0) is 37.1 Å². The smallest absolute Gasteiger partial charge is 0.0568 e. The van der Waals surface area contributed by atoms with Crippen LogP contribution in [0.5, 0.6) is 0 Å². The third-order valence-corrected chi connectivity index (χ3v) is 3.91. The number of hydrogen-bond acceptors (Lipinski definition) is 2. The second-order valence-electron chi connectivity index (χ2n) is 4.75. The number of nitrogens with one attached hydrogen (secondary N) is 1. The van der Waals surface area contributed by atoms with Crippen LogP contribution in [0.2, 0.25) is 0 Å². The fraction of sp³-hybridized carbons (Fsp3) is 0.357. The van der Waals surface area contributed by atoms with E-state index in [1.807, 2.05) is 10.9 Å². The van der Waals surface area contributed by atoms with Crippen LogP contribution in [0.3, 0.4) is 0 Å². The molecule has 0 aliphatic carbocycles. The summed E-state index contributed by atoms with van der Waals surface area (Å²) < 4.78 is 3.15. The maximum Gasteiger partial charge on any atom is 0.0568 e. The standard InChI is InChI=1S/C14H16BrN3/c15-13-5-3-11(4-6-13)12-8-17-18(9-12)10-14-2-1-7-16-14/h3-6,8-9,14,16H,1-2,7,10H2. The maximum atomic E-state index is 4.44. The molecule has 1 saturated heterocycles. The average Bonchev–Trinajstić information content (AvgIpc) is 3.02. The molecule has 0 saturated carbocycles. The first kappa shape index (κ1) is 11.9. The molecule has 1 unspecified atom stereocenters. The van der Waals surface area contributed by atoms with Gasteiger partial charge in [-0.15, -0.1) is 0 Å². The van der Waals surface area contributed by atoms with E-state index in [2.05, 4.69) is 56.8 Å². The molecule has 94 valence electrons. The van der Waals surface area contributed by atoms with Crippen LogP contribution in [0.4, 0.5) is 0 Å². The molecular formula is C14H16BrN3. The molecule has 1 aromatic heterocycles. The van der Waals surface area contributed by atoms with E-state index in [0.29, 0.717) is 6.04 Å². The van der Waals surface area contributed by atoms with Crippen LogP contribution in [-0.4, -0.2) is 22.4 Å². The van der Waals surface area contributed by atoms with Crippen molar-refractivity contribution in [1.82, 2.24) is 15.1 Å². The van der Waals surface area contributed by atoms with Crippen molar-refractivity contribution >= 4 is 15.9 Å². The van der Waals surface area contributed by atoms with Crippen LogP contribution in [0.25, 0.3) is 11.1 Å². The quantitative estimate of drug-likeness (QED) is 0.944. The minimum absolute atomic E-state index is 0.586. The fourth-order valence-corrected chi connectivity index (χ4v) is 2.66. The van der Waals surface area contributed by atoms with Crippen molar-refractivity contribution in [2.45, 2.75) is 25.4 Å².